The number of piperazine rings is 1. The third-order valence-electron chi connectivity index (χ3n) is 5.65. The summed E-state index contributed by atoms with van der Waals surface area (Å²) in [6.07, 6.45) is -4.27. The lowest BCUT2D eigenvalue weighted by Gasteiger charge is -2.35. The molecule has 0 spiro atoms. The second-order valence-corrected chi connectivity index (χ2v) is 7.93. The fraction of sp³-hybridized carbons (Fsp3) is 0.333. The number of amides is 2. The molecule has 0 bridgehead atoms. The highest BCUT2D eigenvalue weighted by Gasteiger charge is 2.46. The highest BCUT2D eigenvalue weighted by Crippen LogP contribution is 2.31. The van der Waals surface area contributed by atoms with Gasteiger partial charge in [0.25, 0.3) is 5.91 Å². The van der Waals surface area contributed by atoms with E-state index in [2.05, 4.69) is 0 Å². The summed E-state index contributed by atoms with van der Waals surface area (Å²) >= 11 is 5.99. The number of nitrogens with zero attached hydrogens (tertiary/aromatic N) is 2. The summed E-state index contributed by atoms with van der Waals surface area (Å²) < 4.78 is 38.9. The molecule has 0 saturated carbocycles. The lowest BCUT2D eigenvalue weighted by molar-refractivity contribution is -0.915. The third-order valence-corrected chi connectivity index (χ3v) is 5.89. The van der Waals surface area contributed by atoms with Gasteiger partial charge >= 0.3 is 6.18 Å². The van der Waals surface area contributed by atoms with Gasteiger partial charge < -0.3 is 9.80 Å². The van der Waals surface area contributed by atoms with Gasteiger partial charge in [-0.1, -0.05) is 23.7 Å². The van der Waals surface area contributed by atoms with Gasteiger partial charge in [-0.2, -0.15) is 13.2 Å². The molecule has 0 aromatic heterocycles. The summed E-state index contributed by atoms with van der Waals surface area (Å²) in [6, 6.07) is 11.4. The molecule has 2 amide bonds. The van der Waals surface area contributed by atoms with Gasteiger partial charge in [-0.3, -0.25) is 9.59 Å². The standard InChI is InChI=1S/C21H19ClF3N3O2/c22-15-4-2-6-17(12-15)28-19(29)13-18(20(28)30)27-9-7-26(8-10-27)16-5-1-3-14(11-16)21(23,24)25/h1-6,11-12,18H,7-10,13H2/p+1/t18-/m0/s1. The summed E-state index contributed by atoms with van der Waals surface area (Å²) in [7, 11) is 0. The monoisotopic (exact) mass is 438 g/mol. The predicted molar refractivity (Wildman–Crippen MR) is 107 cm³/mol. The van der Waals surface area contributed by atoms with E-state index in [0.29, 0.717) is 42.6 Å². The van der Waals surface area contributed by atoms with Gasteiger partial charge in [0.05, 0.1) is 43.9 Å². The molecule has 0 unspecified atom stereocenters. The van der Waals surface area contributed by atoms with E-state index in [4.69, 9.17) is 11.6 Å². The number of benzene rings is 2. The van der Waals surface area contributed by atoms with Crippen LogP contribution in [0.5, 0.6) is 0 Å². The summed E-state index contributed by atoms with van der Waals surface area (Å²) in [5.74, 6) is -0.523. The van der Waals surface area contributed by atoms with Crippen molar-refractivity contribution in [3.8, 4) is 0 Å². The van der Waals surface area contributed by atoms with Crippen LogP contribution in [0.15, 0.2) is 48.5 Å². The Balaban J connectivity index is 1.44. The first-order valence-electron chi connectivity index (χ1n) is 9.63. The van der Waals surface area contributed by atoms with Gasteiger partial charge in [-0.15, -0.1) is 0 Å². The van der Waals surface area contributed by atoms with Crippen LogP contribution in [0.4, 0.5) is 24.5 Å². The van der Waals surface area contributed by atoms with Crippen LogP contribution >= 0.6 is 11.6 Å². The number of rotatable bonds is 3. The number of carbonyl (C=O) groups is 2. The Hall–Kier alpha value is -2.58. The van der Waals surface area contributed by atoms with Crippen LogP contribution in [0.2, 0.25) is 5.02 Å². The van der Waals surface area contributed by atoms with Crippen LogP contribution in [0.25, 0.3) is 0 Å². The quantitative estimate of drug-likeness (QED) is 0.749. The molecular weight excluding hydrogens is 419 g/mol. The van der Waals surface area contributed by atoms with Crippen LogP contribution in [-0.4, -0.2) is 44.0 Å². The van der Waals surface area contributed by atoms with Crippen LogP contribution in [0.1, 0.15) is 12.0 Å². The minimum Gasteiger partial charge on any atom is -0.360 e. The molecule has 0 radical (unpaired) electrons. The van der Waals surface area contributed by atoms with Gasteiger partial charge in [-0.05, 0) is 36.4 Å². The summed E-state index contributed by atoms with van der Waals surface area (Å²) in [6.45, 7) is 2.13. The van der Waals surface area contributed by atoms with E-state index in [1.54, 1.807) is 30.3 Å². The Morgan fingerprint density at radius 3 is 2.30 bits per heavy atom. The summed E-state index contributed by atoms with van der Waals surface area (Å²) in [5.41, 5.74) is 0.295. The van der Waals surface area contributed by atoms with E-state index in [9.17, 15) is 22.8 Å². The molecule has 2 aromatic carbocycles. The molecule has 2 aliphatic heterocycles. The van der Waals surface area contributed by atoms with Crippen LogP contribution in [0.3, 0.4) is 0 Å². The molecule has 9 heteroatoms. The zero-order chi connectivity index (χ0) is 21.5. The molecule has 2 saturated heterocycles. The number of quaternary nitrogens is 1. The largest absolute Gasteiger partial charge is 0.416 e. The molecule has 158 valence electrons. The van der Waals surface area contributed by atoms with E-state index in [1.165, 1.54) is 11.0 Å². The normalized spacial score (nSPS) is 20.9. The maximum atomic E-state index is 13.0. The Bertz CT molecular complexity index is 974. The Morgan fingerprint density at radius 1 is 0.967 bits per heavy atom. The minimum atomic E-state index is -4.39. The SMILES string of the molecule is O=C1C[C@H]([NH+]2CCN(c3cccc(C(F)(F)F)c3)CC2)C(=O)N1c1cccc(Cl)c1. The predicted octanol–water partition coefficient (Wildman–Crippen LogP) is 2.40. The number of carbonyl (C=O) groups excluding carboxylic acids is 2. The molecule has 1 atom stereocenters. The van der Waals surface area contributed by atoms with Gasteiger partial charge in [0.2, 0.25) is 5.91 Å². The number of anilines is 2. The second kappa shape index (κ2) is 7.92. The van der Waals surface area contributed by atoms with Crippen molar-refractivity contribution in [3.05, 3.63) is 59.1 Å². The number of alkyl halides is 3. The molecule has 0 aliphatic carbocycles. The number of hydrogen-bond acceptors (Lipinski definition) is 3. The number of hydrogen-bond donors (Lipinski definition) is 1. The molecule has 5 nitrogen and oxygen atoms in total. The third kappa shape index (κ3) is 4.02. The highest BCUT2D eigenvalue weighted by molar-refractivity contribution is 6.31. The van der Waals surface area contributed by atoms with E-state index >= 15 is 0 Å². The van der Waals surface area contributed by atoms with E-state index in [0.717, 1.165) is 17.0 Å². The fourth-order valence-electron chi connectivity index (χ4n) is 4.12. The molecule has 30 heavy (non-hydrogen) atoms. The van der Waals surface area contributed by atoms with Gasteiger partial charge in [0, 0.05) is 10.7 Å². The Kier molecular flexibility index (Phi) is 5.46. The Morgan fingerprint density at radius 2 is 1.63 bits per heavy atom. The maximum Gasteiger partial charge on any atom is 0.416 e. The van der Waals surface area contributed by atoms with Crippen molar-refractivity contribution < 1.29 is 27.7 Å². The summed E-state index contributed by atoms with van der Waals surface area (Å²) in [5, 5.41) is 0.443. The highest BCUT2D eigenvalue weighted by atomic mass is 35.5. The zero-order valence-corrected chi connectivity index (χ0v) is 16.7. The molecule has 1 N–H and O–H groups in total. The van der Waals surface area contributed by atoms with Crippen molar-refractivity contribution in [2.24, 2.45) is 0 Å². The van der Waals surface area contributed by atoms with Crippen molar-refractivity contribution in [1.29, 1.82) is 0 Å². The minimum absolute atomic E-state index is 0.115. The van der Waals surface area contributed by atoms with E-state index in [-0.39, 0.29) is 18.2 Å². The second-order valence-electron chi connectivity index (χ2n) is 7.50. The first-order chi connectivity index (χ1) is 14.2. The number of nitrogens with one attached hydrogen (secondary N) is 1. The van der Waals surface area contributed by atoms with E-state index < -0.39 is 17.8 Å². The lowest BCUT2D eigenvalue weighted by Crippen LogP contribution is -3.19. The van der Waals surface area contributed by atoms with Crippen molar-refractivity contribution in [2.75, 3.05) is 36.0 Å². The smallest absolute Gasteiger partial charge is 0.360 e. The van der Waals surface area contributed by atoms with Crippen molar-refractivity contribution in [1.82, 2.24) is 0 Å². The van der Waals surface area contributed by atoms with Gasteiger partial charge in [0.1, 0.15) is 0 Å². The molecule has 2 fully saturated rings. The van der Waals surface area contributed by atoms with Gasteiger partial charge in [0.15, 0.2) is 6.04 Å². The van der Waals surface area contributed by atoms with Crippen LogP contribution in [-0.2, 0) is 15.8 Å². The number of imide groups is 1. The molecule has 4 rings (SSSR count). The molecular formula is C21H20ClF3N3O2+. The Labute approximate surface area is 176 Å². The fourth-order valence-corrected chi connectivity index (χ4v) is 4.30. The lowest BCUT2D eigenvalue weighted by atomic mass is 10.1. The van der Waals surface area contributed by atoms with Gasteiger partial charge in [-0.25, -0.2) is 4.90 Å². The average Bonchev–Trinajstić information content (AvgIpc) is 3.01. The topological polar surface area (TPSA) is 45.1 Å². The first kappa shape index (κ1) is 20.7. The average molecular weight is 439 g/mol. The molecule has 2 aliphatic rings. The van der Waals surface area contributed by atoms with Crippen molar-refractivity contribution in [2.45, 2.75) is 18.6 Å². The number of halogens is 4. The maximum absolute atomic E-state index is 13.0. The summed E-state index contributed by atoms with van der Waals surface area (Å²) in [4.78, 5) is 29.5. The van der Waals surface area contributed by atoms with Crippen molar-refractivity contribution >= 4 is 34.8 Å². The molecule has 2 aromatic rings. The zero-order valence-electron chi connectivity index (χ0n) is 16.0. The molecule has 2 heterocycles. The van der Waals surface area contributed by atoms with Crippen molar-refractivity contribution in [3.63, 3.8) is 0 Å². The van der Waals surface area contributed by atoms with Crippen LogP contribution < -0.4 is 14.7 Å². The van der Waals surface area contributed by atoms with Crippen LogP contribution in [0, 0.1) is 0 Å². The first-order valence-corrected chi connectivity index (χ1v) is 10.0. The van der Waals surface area contributed by atoms with E-state index in [1.807, 2.05) is 4.90 Å².